The van der Waals surface area contributed by atoms with Crippen molar-refractivity contribution >= 4 is 11.6 Å². The first kappa shape index (κ1) is 14.3. The number of amides is 1. The Morgan fingerprint density at radius 1 is 1.50 bits per heavy atom. The van der Waals surface area contributed by atoms with Crippen molar-refractivity contribution in [3.8, 4) is 6.07 Å². The van der Waals surface area contributed by atoms with Gasteiger partial charge in [0, 0.05) is 38.1 Å². The van der Waals surface area contributed by atoms with E-state index in [0.29, 0.717) is 0 Å². The maximum atomic E-state index is 11.2. The highest BCUT2D eigenvalue weighted by atomic mass is 16.1. The summed E-state index contributed by atoms with van der Waals surface area (Å²) in [5.41, 5.74) is 6.49. The summed E-state index contributed by atoms with van der Waals surface area (Å²) < 4.78 is 0. The first-order chi connectivity index (χ1) is 9.65. The number of nitrogens with zero attached hydrogens (tertiary/aromatic N) is 4. The molecule has 6 nitrogen and oxygen atoms in total. The van der Waals surface area contributed by atoms with Gasteiger partial charge < -0.3 is 10.6 Å². The quantitative estimate of drug-likeness (QED) is 0.868. The van der Waals surface area contributed by atoms with Crippen LogP contribution in [0.5, 0.6) is 0 Å². The Morgan fingerprint density at radius 2 is 2.20 bits per heavy atom. The molecule has 1 aliphatic heterocycles. The predicted octanol–water partition coefficient (Wildman–Crippen LogP) is 0.605. The monoisotopic (exact) mass is 273 g/mol. The molecule has 2 heterocycles. The lowest BCUT2D eigenvalue weighted by Crippen LogP contribution is -2.50. The Bertz CT molecular complexity index is 517. The van der Waals surface area contributed by atoms with Gasteiger partial charge in [-0.05, 0) is 18.6 Å². The number of rotatable bonds is 4. The van der Waals surface area contributed by atoms with Crippen molar-refractivity contribution in [1.29, 1.82) is 5.26 Å². The molecular weight excluding hydrogens is 254 g/mol. The number of primary amides is 1. The van der Waals surface area contributed by atoms with Gasteiger partial charge in [0.15, 0.2) is 0 Å². The third kappa shape index (κ3) is 3.06. The number of hydrogen-bond donors (Lipinski definition) is 1. The maximum Gasteiger partial charge on any atom is 0.267 e. The van der Waals surface area contributed by atoms with Crippen LogP contribution in [0.3, 0.4) is 0 Å². The molecule has 20 heavy (non-hydrogen) atoms. The molecule has 106 valence electrons. The standard InChI is InChI=1S/C14H19N5O/c1-2-11(10-15)18-5-7-19(8-6-18)12-3-4-17-13(9-12)14(16)20/h3-4,9,11H,2,5-8H2,1H3,(H2,16,20). The van der Waals surface area contributed by atoms with Gasteiger partial charge in [0.2, 0.25) is 0 Å². The lowest BCUT2D eigenvalue weighted by molar-refractivity contribution is 0.0995. The van der Waals surface area contributed by atoms with Crippen LogP contribution in [0, 0.1) is 11.3 Å². The lowest BCUT2D eigenvalue weighted by Gasteiger charge is -2.37. The van der Waals surface area contributed by atoms with Crippen molar-refractivity contribution < 1.29 is 4.79 Å². The highest BCUT2D eigenvalue weighted by Gasteiger charge is 2.22. The molecule has 1 atom stereocenters. The largest absolute Gasteiger partial charge is 0.369 e. The zero-order valence-electron chi connectivity index (χ0n) is 11.6. The number of hydrogen-bond acceptors (Lipinski definition) is 5. The summed E-state index contributed by atoms with van der Waals surface area (Å²) >= 11 is 0. The molecule has 1 saturated heterocycles. The minimum atomic E-state index is -0.513. The van der Waals surface area contributed by atoms with E-state index in [1.165, 1.54) is 0 Å². The van der Waals surface area contributed by atoms with Crippen molar-refractivity contribution in [3.05, 3.63) is 24.0 Å². The van der Waals surface area contributed by atoms with E-state index >= 15 is 0 Å². The molecule has 6 heteroatoms. The fraction of sp³-hybridized carbons (Fsp3) is 0.500. The van der Waals surface area contributed by atoms with Gasteiger partial charge in [-0.1, -0.05) is 6.92 Å². The van der Waals surface area contributed by atoms with Crippen LogP contribution >= 0.6 is 0 Å². The Balaban J connectivity index is 2.02. The molecule has 2 N–H and O–H groups in total. The minimum absolute atomic E-state index is 0.00392. The molecular formula is C14H19N5O. The molecule has 0 bridgehead atoms. The number of carbonyl (C=O) groups excluding carboxylic acids is 1. The number of carbonyl (C=O) groups is 1. The molecule has 1 unspecified atom stereocenters. The first-order valence-corrected chi connectivity index (χ1v) is 6.80. The number of nitriles is 1. The summed E-state index contributed by atoms with van der Waals surface area (Å²) in [6, 6.07) is 5.93. The fourth-order valence-corrected chi connectivity index (χ4v) is 2.47. The van der Waals surface area contributed by atoms with Gasteiger partial charge >= 0.3 is 0 Å². The average molecular weight is 273 g/mol. The summed E-state index contributed by atoms with van der Waals surface area (Å²) in [5, 5.41) is 9.09. The second-order valence-electron chi connectivity index (χ2n) is 4.84. The molecule has 1 amide bonds. The average Bonchev–Trinajstić information content (AvgIpc) is 2.49. The zero-order valence-corrected chi connectivity index (χ0v) is 11.6. The summed E-state index contributed by atoms with van der Waals surface area (Å²) in [5.74, 6) is -0.513. The molecule has 1 fully saturated rings. The van der Waals surface area contributed by atoms with Crippen molar-refractivity contribution in [2.45, 2.75) is 19.4 Å². The van der Waals surface area contributed by atoms with Gasteiger partial charge in [0.25, 0.3) is 5.91 Å². The van der Waals surface area contributed by atoms with E-state index in [4.69, 9.17) is 11.0 Å². The molecule has 1 aliphatic rings. The summed E-state index contributed by atoms with van der Waals surface area (Å²) in [6.07, 6.45) is 2.45. The van der Waals surface area contributed by atoms with E-state index in [9.17, 15) is 4.79 Å². The predicted molar refractivity (Wildman–Crippen MR) is 76.2 cm³/mol. The molecule has 1 aromatic heterocycles. The second kappa shape index (κ2) is 6.35. The van der Waals surface area contributed by atoms with Crippen LogP contribution in [0.25, 0.3) is 0 Å². The van der Waals surface area contributed by atoms with Crippen LogP contribution in [0.2, 0.25) is 0 Å². The Hall–Kier alpha value is -2.13. The van der Waals surface area contributed by atoms with Gasteiger partial charge in [-0.15, -0.1) is 0 Å². The van der Waals surface area contributed by atoms with Gasteiger partial charge in [-0.2, -0.15) is 5.26 Å². The van der Waals surface area contributed by atoms with E-state index < -0.39 is 5.91 Å². The number of pyridine rings is 1. The van der Waals surface area contributed by atoms with E-state index in [2.05, 4.69) is 20.9 Å². The lowest BCUT2D eigenvalue weighted by atomic mass is 10.1. The second-order valence-corrected chi connectivity index (χ2v) is 4.84. The van der Waals surface area contributed by atoms with Crippen LogP contribution in [-0.4, -0.2) is 48.0 Å². The van der Waals surface area contributed by atoms with Crippen LogP contribution in [0.15, 0.2) is 18.3 Å². The number of piperazine rings is 1. The molecule has 1 aromatic rings. The third-order valence-electron chi connectivity index (χ3n) is 3.65. The number of anilines is 1. The van der Waals surface area contributed by atoms with Crippen molar-refractivity contribution in [2.75, 3.05) is 31.1 Å². The fourth-order valence-electron chi connectivity index (χ4n) is 2.47. The van der Waals surface area contributed by atoms with Crippen molar-refractivity contribution in [2.24, 2.45) is 5.73 Å². The van der Waals surface area contributed by atoms with Gasteiger partial charge in [0.05, 0.1) is 12.1 Å². The topological polar surface area (TPSA) is 86.2 Å². The summed E-state index contributed by atoms with van der Waals surface area (Å²) in [6.45, 7) is 5.39. The minimum Gasteiger partial charge on any atom is -0.369 e. The molecule has 0 aromatic carbocycles. The Kier molecular flexibility index (Phi) is 4.53. The molecule has 2 rings (SSSR count). The van der Waals surface area contributed by atoms with E-state index in [0.717, 1.165) is 38.3 Å². The molecule has 0 saturated carbocycles. The first-order valence-electron chi connectivity index (χ1n) is 6.80. The summed E-state index contributed by atoms with van der Waals surface area (Å²) in [7, 11) is 0. The highest BCUT2D eigenvalue weighted by molar-refractivity contribution is 5.91. The van der Waals surface area contributed by atoms with E-state index in [1.54, 1.807) is 12.3 Å². The SMILES string of the molecule is CCC(C#N)N1CCN(c2ccnc(C(N)=O)c2)CC1. The number of aromatic nitrogens is 1. The smallest absolute Gasteiger partial charge is 0.267 e. The zero-order chi connectivity index (χ0) is 14.5. The molecule has 0 spiro atoms. The van der Waals surface area contributed by atoms with Crippen molar-refractivity contribution in [1.82, 2.24) is 9.88 Å². The van der Waals surface area contributed by atoms with Crippen molar-refractivity contribution in [3.63, 3.8) is 0 Å². The molecule has 0 aliphatic carbocycles. The third-order valence-corrected chi connectivity index (χ3v) is 3.65. The molecule has 0 radical (unpaired) electrons. The van der Waals surface area contributed by atoms with Gasteiger partial charge in [-0.3, -0.25) is 14.7 Å². The van der Waals surface area contributed by atoms with E-state index in [-0.39, 0.29) is 11.7 Å². The Morgan fingerprint density at radius 3 is 2.75 bits per heavy atom. The van der Waals surface area contributed by atoms with Crippen LogP contribution in [0.4, 0.5) is 5.69 Å². The van der Waals surface area contributed by atoms with E-state index in [1.807, 2.05) is 13.0 Å². The normalized spacial score (nSPS) is 17.5. The van der Waals surface area contributed by atoms with Gasteiger partial charge in [-0.25, -0.2) is 0 Å². The maximum absolute atomic E-state index is 11.2. The van der Waals surface area contributed by atoms with Crippen LogP contribution in [-0.2, 0) is 0 Å². The summed E-state index contributed by atoms with van der Waals surface area (Å²) in [4.78, 5) is 19.5. The van der Waals surface area contributed by atoms with Gasteiger partial charge in [0.1, 0.15) is 5.69 Å². The Labute approximate surface area is 118 Å². The highest BCUT2D eigenvalue weighted by Crippen LogP contribution is 2.18. The number of nitrogens with two attached hydrogens (primary N) is 1. The van der Waals surface area contributed by atoms with Crippen LogP contribution < -0.4 is 10.6 Å². The van der Waals surface area contributed by atoms with Crippen LogP contribution in [0.1, 0.15) is 23.8 Å².